The van der Waals surface area contributed by atoms with Crippen LogP contribution in [0.15, 0.2) is 24.3 Å². The van der Waals surface area contributed by atoms with Crippen molar-refractivity contribution in [2.45, 2.75) is 32.6 Å². The number of rotatable bonds is 6. The second kappa shape index (κ2) is 6.12. The third-order valence-electron chi connectivity index (χ3n) is 2.87. The largest absolute Gasteiger partial charge is 0.269 e. The van der Waals surface area contributed by atoms with Crippen molar-refractivity contribution < 1.29 is 13.3 Å². The Morgan fingerprint density at radius 1 is 1.21 bits per heavy atom. The average molecular weight is 286 g/mol. The maximum absolute atomic E-state index is 11.9. The monoisotopic (exact) mass is 286 g/mol. The molecule has 0 saturated carbocycles. The number of hydrogen-bond donors (Lipinski definition) is 1. The molecule has 0 amide bonds. The lowest BCUT2D eigenvalue weighted by molar-refractivity contribution is -0.384. The highest BCUT2D eigenvalue weighted by Gasteiger charge is 2.17. The molecular weight excluding hydrogens is 268 g/mol. The van der Waals surface area contributed by atoms with Gasteiger partial charge in [0.1, 0.15) is 0 Å². The molecule has 0 saturated heterocycles. The van der Waals surface area contributed by atoms with Gasteiger partial charge in [-0.25, -0.2) is 13.1 Å². The lowest BCUT2D eigenvalue weighted by Crippen LogP contribution is -2.36. The van der Waals surface area contributed by atoms with Gasteiger partial charge in [0, 0.05) is 18.2 Å². The fraction of sp³-hybridized carbons (Fsp3) is 0.500. The molecule has 0 fully saturated rings. The van der Waals surface area contributed by atoms with Crippen LogP contribution in [0.4, 0.5) is 5.69 Å². The van der Waals surface area contributed by atoms with Crippen LogP contribution >= 0.6 is 0 Å². The van der Waals surface area contributed by atoms with E-state index in [4.69, 9.17) is 0 Å². The predicted octanol–water partition coefficient (Wildman–Crippen LogP) is 2.06. The van der Waals surface area contributed by atoms with Crippen LogP contribution in [-0.2, 0) is 15.8 Å². The molecule has 0 aliphatic heterocycles. The highest BCUT2D eigenvalue weighted by molar-refractivity contribution is 7.88. The van der Waals surface area contributed by atoms with E-state index in [1.54, 1.807) is 6.92 Å². The fourth-order valence-corrected chi connectivity index (χ4v) is 2.95. The van der Waals surface area contributed by atoms with E-state index in [0.29, 0.717) is 5.56 Å². The van der Waals surface area contributed by atoms with Crippen molar-refractivity contribution in [3.63, 3.8) is 0 Å². The molecule has 1 aromatic rings. The number of nitro benzene ring substituents is 1. The molecule has 1 atom stereocenters. The Labute approximate surface area is 113 Å². The molecule has 0 heterocycles. The maximum atomic E-state index is 11.9. The Hall–Kier alpha value is -1.47. The van der Waals surface area contributed by atoms with Crippen molar-refractivity contribution in [3.8, 4) is 0 Å². The van der Waals surface area contributed by atoms with Gasteiger partial charge in [0.25, 0.3) is 5.69 Å². The van der Waals surface area contributed by atoms with Crippen molar-refractivity contribution in [3.05, 3.63) is 39.9 Å². The van der Waals surface area contributed by atoms with Gasteiger partial charge in [-0.1, -0.05) is 26.0 Å². The predicted molar refractivity (Wildman–Crippen MR) is 73.2 cm³/mol. The van der Waals surface area contributed by atoms with E-state index in [1.807, 2.05) is 13.8 Å². The van der Waals surface area contributed by atoms with E-state index in [-0.39, 0.29) is 23.4 Å². The summed E-state index contributed by atoms with van der Waals surface area (Å²) >= 11 is 0. The summed E-state index contributed by atoms with van der Waals surface area (Å²) < 4.78 is 26.4. The molecule has 0 bridgehead atoms. The van der Waals surface area contributed by atoms with Crippen LogP contribution in [0.2, 0.25) is 0 Å². The van der Waals surface area contributed by atoms with Gasteiger partial charge in [-0.15, -0.1) is 0 Å². The van der Waals surface area contributed by atoms with E-state index in [1.165, 1.54) is 24.3 Å². The van der Waals surface area contributed by atoms with Gasteiger partial charge < -0.3 is 0 Å². The van der Waals surface area contributed by atoms with Crippen LogP contribution < -0.4 is 4.72 Å². The molecule has 6 nitrogen and oxygen atoms in total. The Bertz CT molecular complexity index is 537. The SMILES string of the molecule is CC(C)C(C)NS(=O)(=O)Cc1ccc([N+](=O)[O-])cc1. The van der Waals surface area contributed by atoms with Gasteiger partial charge >= 0.3 is 0 Å². The topological polar surface area (TPSA) is 89.3 Å². The number of nitro groups is 1. The first-order chi connectivity index (χ1) is 8.71. The summed E-state index contributed by atoms with van der Waals surface area (Å²) in [4.78, 5) is 9.98. The van der Waals surface area contributed by atoms with Crippen LogP contribution in [0.3, 0.4) is 0 Å². The van der Waals surface area contributed by atoms with E-state index in [0.717, 1.165) is 0 Å². The van der Waals surface area contributed by atoms with Gasteiger partial charge in [0.05, 0.1) is 10.7 Å². The summed E-state index contributed by atoms with van der Waals surface area (Å²) in [6.07, 6.45) is 0. The van der Waals surface area contributed by atoms with Gasteiger partial charge in [-0.05, 0) is 18.4 Å². The summed E-state index contributed by atoms with van der Waals surface area (Å²) in [7, 11) is -3.43. The van der Waals surface area contributed by atoms with Crippen molar-refractivity contribution >= 4 is 15.7 Å². The number of benzene rings is 1. The van der Waals surface area contributed by atoms with Crippen molar-refractivity contribution in [2.75, 3.05) is 0 Å². The first-order valence-corrected chi connectivity index (χ1v) is 7.60. The molecule has 106 valence electrons. The highest BCUT2D eigenvalue weighted by Crippen LogP contribution is 2.14. The van der Waals surface area contributed by atoms with Crippen molar-refractivity contribution in [1.82, 2.24) is 4.72 Å². The molecule has 0 aromatic heterocycles. The van der Waals surface area contributed by atoms with Crippen molar-refractivity contribution in [2.24, 2.45) is 5.92 Å². The van der Waals surface area contributed by atoms with E-state index < -0.39 is 14.9 Å². The van der Waals surface area contributed by atoms with E-state index in [2.05, 4.69) is 4.72 Å². The molecule has 1 N–H and O–H groups in total. The minimum Gasteiger partial charge on any atom is -0.258 e. The molecule has 0 spiro atoms. The number of hydrogen-bond acceptors (Lipinski definition) is 4. The van der Waals surface area contributed by atoms with Gasteiger partial charge in [0.15, 0.2) is 0 Å². The van der Waals surface area contributed by atoms with Crippen molar-refractivity contribution in [1.29, 1.82) is 0 Å². The molecule has 0 radical (unpaired) electrons. The Morgan fingerprint density at radius 3 is 2.16 bits per heavy atom. The zero-order valence-electron chi connectivity index (χ0n) is 11.2. The fourth-order valence-electron chi connectivity index (χ4n) is 1.39. The molecular formula is C12H18N2O4S. The molecule has 1 rings (SSSR count). The molecule has 0 aliphatic rings. The Balaban J connectivity index is 2.75. The van der Waals surface area contributed by atoms with Gasteiger partial charge in [0.2, 0.25) is 10.0 Å². The third-order valence-corrected chi connectivity index (χ3v) is 4.31. The second-order valence-corrected chi connectivity index (χ2v) is 6.59. The lowest BCUT2D eigenvalue weighted by Gasteiger charge is -2.17. The van der Waals surface area contributed by atoms with E-state index >= 15 is 0 Å². The minimum atomic E-state index is -3.43. The first-order valence-electron chi connectivity index (χ1n) is 5.94. The zero-order chi connectivity index (χ0) is 14.6. The van der Waals surface area contributed by atoms with Crippen LogP contribution in [0.25, 0.3) is 0 Å². The highest BCUT2D eigenvalue weighted by atomic mass is 32.2. The smallest absolute Gasteiger partial charge is 0.258 e. The summed E-state index contributed by atoms with van der Waals surface area (Å²) in [5.74, 6) is 0.0221. The summed E-state index contributed by atoms with van der Waals surface area (Å²) in [5.41, 5.74) is 0.471. The second-order valence-electron chi connectivity index (χ2n) is 4.83. The molecule has 1 unspecified atom stereocenters. The summed E-state index contributed by atoms with van der Waals surface area (Å²) in [5, 5.41) is 10.5. The number of nitrogens with one attached hydrogen (secondary N) is 1. The molecule has 1 aromatic carbocycles. The number of non-ortho nitro benzene ring substituents is 1. The van der Waals surface area contributed by atoms with Crippen LogP contribution in [0.5, 0.6) is 0 Å². The maximum Gasteiger partial charge on any atom is 0.269 e. The average Bonchev–Trinajstić information content (AvgIpc) is 2.28. The first kappa shape index (κ1) is 15.6. The molecule has 7 heteroatoms. The zero-order valence-corrected chi connectivity index (χ0v) is 12.0. The van der Waals surface area contributed by atoms with Crippen LogP contribution in [0, 0.1) is 16.0 Å². The Morgan fingerprint density at radius 2 is 1.74 bits per heavy atom. The van der Waals surface area contributed by atoms with Crippen LogP contribution in [0.1, 0.15) is 26.3 Å². The normalized spacial score (nSPS) is 13.5. The molecule has 0 aliphatic carbocycles. The minimum absolute atomic E-state index is 0.0512. The Kier molecular flexibility index (Phi) is 5.02. The summed E-state index contributed by atoms with van der Waals surface area (Å²) in [6, 6.07) is 5.37. The number of sulfonamides is 1. The number of nitrogens with zero attached hydrogens (tertiary/aromatic N) is 1. The summed E-state index contributed by atoms with van der Waals surface area (Å²) in [6.45, 7) is 5.66. The van der Waals surface area contributed by atoms with Gasteiger partial charge in [-0.3, -0.25) is 10.1 Å². The quantitative estimate of drug-likeness (QED) is 0.640. The van der Waals surface area contributed by atoms with E-state index in [9.17, 15) is 18.5 Å². The lowest BCUT2D eigenvalue weighted by atomic mass is 10.1. The third kappa shape index (κ3) is 4.96. The molecule has 19 heavy (non-hydrogen) atoms. The van der Waals surface area contributed by atoms with Gasteiger partial charge in [-0.2, -0.15) is 0 Å². The standard InChI is InChI=1S/C12H18N2O4S/c1-9(2)10(3)13-19(17,18)8-11-4-6-12(7-5-11)14(15)16/h4-7,9-10,13H,8H2,1-3H3. The van der Waals surface area contributed by atoms with Crippen LogP contribution in [-0.4, -0.2) is 19.4 Å².